The number of rotatable bonds is 1. The minimum Gasteiger partial charge on any atom is -0.237 e. The molecule has 0 saturated heterocycles. The van der Waals surface area contributed by atoms with Crippen molar-refractivity contribution >= 4 is 45.8 Å². The van der Waals surface area contributed by atoms with Gasteiger partial charge in [0.15, 0.2) is 5.82 Å². The maximum absolute atomic E-state index is 5.91. The molecule has 15 heavy (non-hydrogen) atoms. The average molecular weight is 351 g/mol. The average Bonchev–Trinajstić information content (AvgIpc) is 2.22. The Morgan fingerprint density at radius 3 is 2.53 bits per heavy atom. The topological polar surface area (TPSA) is 25.8 Å². The van der Waals surface area contributed by atoms with Gasteiger partial charge in [-0.2, -0.15) is 0 Å². The third-order valence-electron chi connectivity index (χ3n) is 1.80. The summed E-state index contributed by atoms with van der Waals surface area (Å²) in [4.78, 5) is 8.45. The number of hydrogen-bond donors (Lipinski definition) is 0. The molecule has 1 aromatic heterocycles. The van der Waals surface area contributed by atoms with Gasteiger partial charge in [-0.3, -0.25) is 0 Å². The van der Waals surface area contributed by atoms with Crippen LogP contribution in [0.1, 0.15) is 0 Å². The molecule has 0 fully saturated rings. The molecule has 0 radical (unpaired) electrons. The summed E-state index contributed by atoms with van der Waals surface area (Å²) in [5, 5.41) is 1.04. The van der Waals surface area contributed by atoms with E-state index in [-0.39, 0.29) is 0 Å². The Hall–Kier alpha value is -0.390. The van der Waals surface area contributed by atoms with Crippen LogP contribution < -0.4 is 0 Å². The van der Waals surface area contributed by atoms with Crippen LogP contribution in [0.5, 0.6) is 0 Å². The van der Waals surface area contributed by atoms with Crippen molar-refractivity contribution in [2.45, 2.75) is 0 Å². The third kappa shape index (κ3) is 2.59. The standard InChI is InChI=1S/C10H5Cl2IN2/c11-7-2-1-6(5-8(7)12)10-14-4-3-9(13)15-10/h1-5H. The Bertz CT molecular complexity index is 503. The molecule has 2 nitrogen and oxygen atoms in total. The van der Waals surface area contributed by atoms with Gasteiger partial charge in [0.05, 0.1) is 10.0 Å². The van der Waals surface area contributed by atoms with Crippen LogP contribution in [0.3, 0.4) is 0 Å². The van der Waals surface area contributed by atoms with Gasteiger partial charge in [-0.15, -0.1) is 0 Å². The maximum Gasteiger partial charge on any atom is 0.160 e. The second-order valence-electron chi connectivity index (χ2n) is 2.83. The summed E-state index contributed by atoms with van der Waals surface area (Å²) >= 11 is 13.9. The Morgan fingerprint density at radius 2 is 1.87 bits per heavy atom. The van der Waals surface area contributed by atoms with Crippen LogP contribution in [0.25, 0.3) is 11.4 Å². The highest BCUT2D eigenvalue weighted by Crippen LogP contribution is 2.26. The highest BCUT2D eigenvalue weighted by molar-refractivity contribution is 14.1. The Morgan fingerprint density at radius 1 is 1.07 bits per heavy atom. The van der Waals surface area contributed by atoms with Crippen LogP contribution in [-0.2, 0) is 0 Å². The zero-order valence-corrected chi connectivity index (χ0v) is 11.1. The van der Waals surface area contributed by atoms with E-state index in [1.807, 2.05) is 12.1 Å². The summed E-state index contributed by atoms with van der Waals surface area (Å²) in [6.45, 7) is 0. The largest absolute Gasteiger partial charge is 0.237 e. The van der Waals surface area contributed by atoms with Gasteiger partial charge in [-0.25, -0.2) is 9.97 Å². The quantitative estimate of drug-likeness (QED) is 0.572. The van der Waals surface area contributed by atoms with Crippen LogP contribution in [-0.4, -0.2) is 9.97 Å². The van der Waals surface area contributed by atoms with Gasteiger partial charge < -0.3 is 0 Å². The molecule has 0 saturated carbocycles. The molecule has 0 amide bonds. The first-order valence-electron chi connectivity index (χ1n) is 4.11. The summed E-state index contributed by atoms with van der Waals surface area (Å²) in [7, 11) is 0. The van der Waals surface area contributed by atoms with Gasteiger partial charge in [0.25, 0.3) is 0 Å². The van der Waals surface area contributed by atoms with Gasteiger partial charge in [0, 0.05) is 11.8 Å². The van der Waals surface area contributed by atoms with Crippen LogP contribution in [0.4, 0.5) is 0 Å². The van der Waals surface area contributed by atoms with E-state index in [2.05, 4.69) is 32.6 Å². The van der Waals surface area contributed by atoms with Gasteiger partial charge in [-0.1, -0.05) is 23.2 Å². The van der Waals surface area contributed by atoms with Crippen LogP contribution in [0, 0.1) is 3.70 Å². The predicted octanol–water partition coefficient (Wildman–Crippen LogP) is 4.06. The predicted molar refractivity (Wildman–Crippen MR) is 70.2 cm³/mol. The van der Waals surface area contributed by atoms with Crippen LogP contribution in [0.15, 0.2) is 30.5 Å². The smallest absolute Gasteiger partial charge is 0.160 e. The maximum atomic E-state index is 5.91. The first-order chi connectivity index (χ1) is 7.16. The molecule has 5 heteroatoms. The first kappa shape index (κ1) is 11.1. The normalized spacial score (nSPS) is 10.3. The molecule has 2 aromatic rings. The third-order valence-corrected chi connectivity index (χ3v) is 3.14. The fourth-order valence-electron chi connectivity index (χ4n) is 1.11. The Labute approximate surface area is 111 Å². The van der Waals surface area contributed by atoms with Crippen molar-refractivity contribution in [3.8, 4) is 11.4 Å². The summed E-state index contributed by atoms with van der Waals surface area (Å²) in [5.74, 6) is 0.653. The van der Waals surface area contributed by atoms with Crippen molar-refractivity contribution in [1.82, 2.24) is 9.97 Å². The highest BCUT2D eigenvalue weighted by atomic mass is 127. The first-order valence-corrected chi connectivity index (χ1v) is 5.94. The molecule has 0 aliphatic carbocycles. The molecule has 1 heterocycles. The molecule has 2 rings (SSSR count). The number of nitrogens with zero attached hydrogens (tertiary/aromatic N) is 2. The van der Waals surface area contributed by atoms with Gasteiger partial charge in [-0.05, 0) is 46.9 Å². The van der Waals surface area contributed by atoms with Crippen molar-refractivity contribution in [1.29, 1.82) is 0 Å². The molecule has 1 aromatic carbocycles. The van der Waals surface area contributed by atoms with Crippen molar-refractivity contribution in [2.24, 2.45) is 0 Å². The Kier molecular flexibility index (Phi) is 3.43. The molecular weight excluding hydrogens is 346 g/mol. The highest BCUT2D eigenvalue weighted by Gasteiger charge is 2.04. The lowest BCUT2D eigenvalue weighted by atomic mass is 10.2. The van der Waals surface area contributed by atoms with E-state index >= 15 is 0 Å². The summed E-state index contributed by atoms with van der Waals surface area (Å²) in [5.41, 5.74) is 0.864. The van der Waals surface area contributed by atoms with Crippen molar-refractivity contribution in [3.05, 3.63) is 44.2 Å². The van der Waals surface area contributed by atoms with Gasteiger partial charge in [0.1, 0.15) is 3.70 Å². The molecular formula is C10H5Cl2IN2. The van der Waals surface area contributed by atoms with E-state index in [0.717, 1.165) is 9.26 Å². The lowest BCUT2D eigenvalue weighted by Crippen LogP contribution is -1.90. The van der Waals surface area contributed by atoms with Crippen molar-refractivity contribution in [3.63, 3.8) is 0 Å². The Balaban J connectivity index is 2.50. The summed E-state index contributed by atoms with van der Waals surface area (Å²) in [6.07, 6.45) is 1.71. The number of aromatic nitrogens is 2. The van der Waals surface area contributed by atoms with E-state index in [9.17, 15) is 0 Å². The van der Waals surface area contributed by atoms with E-state index in [1.54, 1.807) is 18.3 Å². The van der Waals surface area contributed by atoms with Crippen molar-refractivity contribution in [2.75, 3.05) is 0 Å². The zero-order valence-electron chi connectivity index (χ0n) is 7.42. The second kappa shape index (κ2) is 4.63. The molecule has 0 unspecified atom stereocenters. The molecule has 76 valence electrons. The molecule has 0 N–H and O–H groups in total. The zero-order chi connectivity index (χ0) is 10.8. The van der Waals surface area contributed by atoms with Crippen molar-refractivity contribution < 1.29 is 0 Å². The molecule has 0 aliphatic heterocycles. The second-order valence-corrected chi connectivity index (χ2v) is 4.75. The summed E-state index contributed by atoms with van der Waals surface area (Å²) < 4.78 is 0.892. The molecule has 0 atom stereocenters. The minimum absolute atomic E-state index is 0.511. The lowest BCUT2D eigenvalue weighted by molar-refractivity contribution is 1.15. The summed E-state index contributed by atoms with van der Waals surface area (Å²) in [6, 6.07) is 7.18. The van der Waals surface area contributed by atoms with E-state index in [4.69, 9.17) is 23.2 Å². The fourth-order valence-corrected chi connectivity index (χ4v) is 1.80. The monoisotopic (exact) mass is 350 g/mol. The van der Waals surface area contributed by atoms with E-state index in [1.165, 1.54) is 0 Å². The van der Waals surface area contributed by atoms with Gasteiger partial charge >= 0.3 is 0 Å². The number of hydrogen-bond acceptors (Lipinski definition) is 2. The van der Waals surface area contributed by atoms with E-state index in [0.29, 0.717) is 15.9 Å². The number of benzene rings is 1. The number of halogens is 3. The van der Waals surface area contributed by atoms with Crippen LogP contribution in [0.2, 0.25) is 10.0 Å². The molecule has 0 bridgehead atoms. The minimum atomic E-state index is 0.511. The van der Waals surface area contributed by atoms with E-state index < -0.39 is 0 Å². The van der Waals surface area contributed by atoms with Crippen LogP contribution >= 0.6 is 45.8 Å². The SMILES string of the molecule is Clc1ccc(-c2nccc(I)n2)cc1Cl. The molecule has 0 aliphatic rings. The fraction of sp³-hybridized carbons (Fsp3) is 0. The lowest BCUT2D eigenvalue weighted by Gasteiger charge is -2.01. The van der Waals surface area contributed by atoms with Gasteiger partial charge in [0.2, 0.25) is 0 Å². The molecule has 0 spiro atoms.